The summed E-state index contributed by atoms with van der Waals surface area (Å²) in [6.45, 7) is 19.1. The second-order valence-electron chi connectivity index (χ2n) is 34.5. The molecule has 0 N–H and O–H groups in total. The van der Waals surface area contributed by atoms with E-state index in [0.29, 0.717) is 22.7 Å². The highest BCUT2D eigenvalue weighted by Gasteiger charge is 2.47. The molecule has 21 rings (SSSR count). The van der Waals surface area contributed by atoms with Gasteiger partial charge in [-0.1, -0.05) is 341 Å². The van der Waals surface area contributed by atoms with Crippen molar-refractivity contribution in [2.24, 2.45) is 0 Å². The van der Waals surface area contributed by atoms with E-state index in [9.17, 15) is 21.9 Å². The number of nitrogens with zero attached hydrogens (tertiary/aromatic N) is 4. The Kier molecular flexibility index (Phi) is 13.6. The van der Waals surface area contributed by atoms with Crippen LogP contribution in [0.1, 0.15) is 101 Å². The summed E-state index contributed by atoms with van der Waals surface area (Å²) in [5, 5.41) is -0.321. The summed E-state index contributed by atoms with van der Waals surface area (Å²) in [4.78, 5) is 4.75. The van der Waals surface area contributed by atoms with Gasteiger partial charge in [0.25, 0.3) is 6.71 Å². The van der Waals surface area contributed by atoms with E-state index in [4.69, 9.17) is 0 Å². The molecule has 0 saturated heterocycles. The molecule has 2 aliphatic heterocycles. The lowest BCUT2D eigenvalue weighted by atomic mass is 9.33. The molecule has 5 heteroatoms. The van der Waals surface area contributed by atoms with Gasteiger partial charge in [0, 0.05) is 77.9 Å². The minimum absolute atomic E-state index is 0.0592. The maximum atomic E-state index is 10.0. The normalized spacial score (nSPS) is 14.6. The highest BCUT2D eigenvalue weighted by atomic mass is 15.2. The first-order valence-electron chi connectivity index (χ1n) is 48.7. The second kappa shape index (κ2) is 28.4. The molecule has 19 aromatic rings. The third-order valence-corrected chi connectivity index (χ3v) is 24.0. The fraction of sp³-hybridized carbons (Fsp3) is 0.105. The molecule has 0 saturated carbocycles. The summed E-state index contributed by atoms with van der Waals surface area (Å²) in [6.07, 6.45) is 0. The van der Waals surface area contributed by atoms with E-state index in [2.05, 4.69) is 254 Å². The third kappa shape index (κ3) is 12.5. The standard InChI is InChI=1S/C114H91BN4/c1-112(2,3)86-66-95(76-38-18-12-19-39-76)110(97(68-86)84-48-32-46-82(64-84)80-44-30-42-78(62-80)74-34-14-10-15-35-74)118-105-72-89(116-101-54-26-22-50-91(101)92-51-23-27-55-102(92)116)58-60-99(105)115-100-61-59-90(117-103-56-28-24-52-93(103)94-53-25-29-57-104(94)117)73-106(100)119(108-71-88(114(7,8)9)70-107(118)109(108)115)111-96(77-40-20-13-21-41-77)67-87(113(4,5)6)69-98(111)85-49-33-47-83(65-85)81-45-31-43-79(63-81)75-36-16-11-17-37-75/h10-73H,1-9H3/i22D,23D,24D,25D,26D,27D,28D,29D,50D,51D,52D,53D,54D,55D,56D,57D. The summed E-state index contributed by atoms with van der Waals surface area (Å²) >= 11 is 0. The Morgan fingerprint density at radius 2 is 0.496 bits per heavy atom. The van der Waals surface area contributed by atoms with Crippen LogP contribution in [-0.2, 0) is 16.2 Å². The van der Waals surface area contributed by atoms with Gasteiger partial charge in [-0.15, -0.1) is 0 Å². The van der Waals surface area contributed by atoms with Gasteiger partial charge < -0.3 is 18.9 Å². The highest BCUT2D eigenvalue weighted by molar-refractivity contribution is 7.00. The Morgan fingerprint density at radius 3 is 0.815 bits per heavy atom. The van der Waals surface area contributed by atoms with Crippen molar-refractivity contribution in [3.8, 4) is 100 Å². The molecular weight excluding hydrogens is 1440 g/mol. The Bertz CT molecular complexity index is 7630. The molecule has 0 aliphatic carbocycles. The molecule has 0 atom stereocenters. The zero-order valence-corrected chi connectivity index (χ0v) is 67.6. The molecule has 17 aromatic carbocycles. The molecule has 2 aromatic heterocycles. The quantitative estimate of drug-likeness (QED) is 0.113. The molecule has 2 aliphatic rings. The van der Waals surface area contributed by atoms with Crippen LogP contribution < -0.4 is 26.2 Å². The van der Waals surface area contributed by atoms with Crippen LogP contribution in [0, 0.1) is 0 Å². The number of aromatic nitrogens is 2. The monoisotopic (exact) mass is 1540 g/mol. The number of hydrogen-bond donors (Lipinski definition) is 0. The van der Waals surface area contributed by atoms with Crippen LogP contribution in [0.5, 0.6) is 0 Å². The summed E-state index contributed by atoms with van der Waals surface area (Å²) in [5.74, 6) is 0. The van der Waals surface area contributed by atoms with E-state index in [0.717, 1.165) is 145 Å². The number of hydrogen-bond acceptors (Lipinski definition) is 2. The van der Waals surface area contributed by atoms with Crippen molar-refractivity contribution in [1.82, 2.24) is 9.13 Å². The Labute approximate surface area is 721 Å². The zero-order chi connectivity index (χ0) is 94.5. The molecule has 0 fully saturated rings. The van der Waals surface area contributed by atoms with E-state index in [1.807, 2.05) is 109 Å². The number of fused-ring (bicyclic) bond motifs is 10. The fourth-order valence-corrected chi connectivity index (χ4v) is 18.0. The Morgan fingerprint density at radius 1 is 0.235 bits per heavy atom. The van der Waals surface area contributed by atoms with Crippen LogP contribution in [0.25, 0.3) is 144 Å². The van der Waals surface area contributed by atoms with Crippen molar-refractivity contribution in [2.45, 2.75) is 78.6 Å². The molecule has 4 nitrogen and oxygen atoms in total. The SMILES string of the molecule is [2H]c1c([2H])c([2H])c2c(c1[2H])c1c([2H])c([2H])c([2H])c([2H])c1n2-c1ccc2c(c1)N(c1c(-c3ccccc3)cc(C(C)(C)C)cc1-c1cccc(-c3cccc(-c4ccccc4)c3)c1)c1cc(C(C)(C)C)cc3c1B2c1ccc(-n2c4c([2H])c([2H])c([2H])c([2H])c4c4c([2H])c([2H])c([2H])c([2H])c42)cc1N3c1c(-c2ccccc2)cc(C(C)(C)C)cc1-c1cccc(-c2cccc(-c3ccccc3)c2)c1. The fourth-order valence-electron chi connectivity index (χ4n) is 18.0. The van der Waals surface area contributed by atoms with Gasteiger partial charge in [-0.05, 0) is 225 Å². The lowest BCUT2D eigenvalue weighted by molar-refractivity contribution is 0.590. The molecular formula is C114H91BN4. The molecule has 0 unspecified atom stereocenters. The smallest absolute Gasteiger partial charge is 0.252 e. The van der Waals surface area contributed by atoms with Gasteiger partial charge in [0.1, 0.15) is 0 Å². The van der Waals surface area contributed by atoms with Gasteiger partial charge in [0.15, 0.2) is 0 Å². The van der Waals surface area contributed by atoms with Crippen LogP contribution in [0.3, 0.4) is 0 Å². The molecule has 4 heterocycles. The molecule has 0 bridgehead atoms. The van der Waals surface area contributed by atoms with Crippen molar-refractivity contribution in [2.75, 3.05) is 9.80 Å². The molecule has 0 amide bonds. The van der Waals surface area contributed by atoms with Crippen molar-refractivity contribution in [3.05, 3.63) is 405 Å². The van der Waals surface area contributed by atoms with Crippen molar-refractivity contribution < 1.29 is 21.9 Å². The maximum Gasteiger partial charge on any atom is 0.252 e. The first kappa shape index (κ1) is 57.1. The first-order valence-corrected chi connectivity index (χ1v) is 40.7. The van der Waals surface area contributed by atoms with Gasteiger partial charge in [-0.25, -0.2) is 0 Å². The second-order valence-corrected chi connectivity index (χ2v) is 34.5. The van der Waals surface area contributed by atoms with Gasteiger partial charge in [0.05, 0.1) is 55.4 Å². The van der Waals surface area contributed by atoms with Crippen LogP contribution in [0.4, 0.5) is 34.1 Å². The highest BCUT2D eigenvalue weighted by Crippen LogP contribution is 2.56. The van der Waals surface area contributed by atoms with E-state index in [1.165, 1.54) is 0 Å². The van der Waals surface area contributed by atoms with Gasteiger partial charge in [-0.3, -0.25) is 0 Å². The van der Waals surface area contributed by atoms with Gasteiger partial charge in [-0.2, -0.15) is 0 Å². The third-order valence-electron chi connectivity index (χ3n) is 24.0. The van der Waals surface area contributed by atoms with E-state index >= 15 is 0 Å². The maximum absolute atomic E-state index is 10.0. The summed E-state index contributed by atoms with van der Waals surface area (Å²) in [5.41, 5.74) is 23.0. The number of para-hydroxylation sites is 4. The lowest BCUT2D eigenvalue weighted by Gasteiger charge is -2.47. The van der Waals surface area contributed by atoms with E-state index < -0.39 is 120 Å². The largest absolute Gasteiger partial charge is 0.310 e. The molecule has 0 spiro atoms. The zero-order valence-electron chi connectivity index (χ0n) is 83.6. The van der Waals surface area contributed by atoms with Crippen molar-refractivity contribution >= 4 is 101 Å². The minimum atomic E-state index is -0.819. The average molecular weight is 1540 g/mol. The van der Waals surface area contributed by atoms with E-state index in [-0.39, 0.29) is 43.6 Å². The topological polar surface area (TPSA) is 16.3 Å². The van der Waals surface area contributed by atoms with E-state index in [1.54, 1.807) is 9.13 Å². The summed E-state index contributed by atoms with van der Waals surface area (Å²) < 4.78 is 157. The number of anilines is 6. The van der Waals surface area contributed by atoms with Gasteiger partial charge in [0.2, 0.25) is 0 Å². The Balaban J connectivity index is 0.961. The number of rotatable bonds is 12. The molecule has 119 heavy (non-hydrogen) atoms. The van der Waals surface area contributed by atoms with Crippen molar-refractivity contribution in [3.63, 3.8) is 0 Å². The van der Waals surface area contributed by atoms with Crippen LogP contribution in [-0.4, -0.2) is 15.8 Å². The van der Waals surface area contributed by atoms with Gasteiger partial charge >= 0.3 is 0 Å². The predicted molar refractivity (Wildman–Crippen MR) is 509 cm³/mol. The Hall–Kier alpha value is -14.0. The lowest BCUT2D eigenvalue weighted by Crippen LogP contribution is -2.61. The molecule has 0 radical (unpaired) electrons. The summed E-state index contributed by atoms with van der Waals surface area (Å²) in [6, 6.07) is 93.4. The first-order chi connectivity index (χ1) is 64.6. The average Bonchev–Trinajstić information content (AvgIpc) is 1.20. The van der Waals surface area contributed by atoms with Crippen LogP contribution >= 0.6 is 0 Å². The predicted octanol–water partition coefficient (Wildman–Crippen LogP) is 29.2. The number of benzene rings is 17. The van der Waals surface area contributed by atoms with Crippen molar-refractivity contribution in [1.29, 1.82) is 0 Å². The van der Waals surface area contributed by atoms with Crippen LogP contribution in [0.15, 0.2) is 388 Å². The summed E-state index contributed by atoms with van der Waals surface area (Å²) in [7, 11) is 0. The van der Waals surface area contributed by atoms with Crippen LogP contribution in [0.2, 0.25) is 0 Å². The minimum Gasteiger partial charge on any atom is -0.310 e. The molecule has 570 valence electrons.